The largest absolute Gasteiger partial charge is 0.495 e. The molecule has 2 N–H and O–H groups in total. The number of hydrogen-bond donors (Lipinski definition) is 2. The zero-order valence-electron chi connectivity index (χ0n) is 9.78. The third kappa shape index (κ3) is 1.14. The van der Waals surface area contributed by atoms with E-state index in [1.165, 1.54) is 0 Å². The third-order valence-corrected chi connectivity index (χ3v) is 3.61. The van der Waals surface area contributed by atoms with Gasteiger partial charge in [0.25, 0.3) is 5.91 Å². The number of hydrogen-bond acceptors (Lipinski definition) is 4. The first-order valence-electron chi connectivity index (χ1n) is 5.54. The zero-order chi connectivity index (χ0) is 12.2. The molecule has 2 aliphatic rings. The molecule has 5 heteroatoms. The number of benzene rings is 1. The molecule has 90 valence electrons. The quantitative estimate of drug-likeness (QED) is 0.750. The van der Waals surface area contributed by atoms with Gasteiger partial charge in [-0.2, -0.15) is 0 Å². The molecule has 0 saturated carbocycles. The van der Waals surface area contributed by atoms with Gasteiger partial charge in [-0.3, -0.25) is 4.79 Å². The molecule has 1 atom stereocenters. The van der Waals surface area contributed by atoms with Gasteiger partial charge in [-0.05, 0) is 12.1 Å². The van der Waals surface area contributed by atoms with Crippen LogP contribution in [-0.4, -0.2) is 31.7 Å². The molecule has 2 aliphatic heterocycles. The molecule has 3 rings (SSSR count). The molecule has 0 aromatic heterocycles. The Morgan fingerprint density at radius 1 is 1.53 bits per heavy atom. The SMILES string of the molecule is COc1ccc2c3c1NC(=O)C3(O)CCN2C. The van der Waals surface area contributed by atoms with Crippen LogP contribution >= 0.6 is 0 Å². The van der Waals surface area contributed by atoms with Crippen LogP contribution in [0.25, 0.3) is 0 Å². The summed E-state index contributed by atoms with van der Waals surface area (Å²) in [7, 11) is 3.50. The average Bonchev–Trinajstić information content (AvgIpc) is 2.59. The van der Waals surface area contributed by atoms with Crippen molar-refractivity contribution in [1.82, 2.24) is 0 Å². The molecule has 0 radical (unpaired) electrons. The van der Waals surface area contributed by atoms with Crippen LogP contribution in [0.2, 0.25) is 0 Å². The third-order valence-electron chi connectivity index (χ3n) is 3.61. The van der Waals surface area contributed by atoms with Crippen LogP contribution in [0.3, 0.4) is 0 Å². The Bertz CT molecular complexity index is 515. The van der Waals surface area contributed by atoms with Crippen LogP contribution < -0.4 is 15.0 Å². The number of rotatable bonds is 1. The van der Waals surface area contributed by atoms with Gasteiger partial charge in [0.2, 0.25) is 0 Å². The van der Waals surface area contributed by atoms with E-state index in [0.717, 1.165) is 5.69 Å². The lowest BCUT2D eigenvalue weighted by Crippen LogP contribution is -2.42. The fraction of sp³-hybridized carbons (Fsp3) is 0.417. The van der Waals surface area contributed by atoms with Gasteiger partial charge in [0, 0.05) is 31.3 Å². The Hall–Kier alpha value is -1.75. The minimum Gasteiger partial charge on any atom is -0.495 e. The lowest BCUT2D eigenvalue weighted by molar-refractivity contribution is -0.134. The van der Waals surface area contributed by atoms with Crippen LogP contribution in [0.5, 0.6) is 5.75 Å². The smallest absolute Gasteiger partial charge is 0.261 e. The first-order valence-corrected chi connectivity index (χ1v) is 5.54. The lowest BCUT2D eigenvalue weighted by Gasteiger charge is -2.34. The zero-order valence-corrected chi connectivity index (χ0v) is 9.78. The molecule has 17 heavy (non-hydrogen) atoms. The van der Waals surface area contributed by atoms with Gasteiger partial charge in [-0.1, -0.05) is 0 Å². The molecule has 1 unspecified atom stereocenters. The minimum absolute atomic E-state index is 0.355. The van der Waals surface area contributed by atoms with E-state index in [1.807, 2.05) is 24.1 Å². The highest BCUT2D eigenvalue weighted by atomic mass is 16.5. The van der Waals surface area contributed by atoms with Gasteiger partial charge in [0.1, 0.15) is 5.75 Å². The predicted octanol–water partition coefficient (Wildman–Crippen LogP) is 0.675. The van der Waals surface area contributed by atoms with Crippen molar-refractivity contribution in [2.45, 2.75) is 12.0 Å². The van der Waals surface area contributed by atoms with Gasteiger partial charge < -0.3 is 20.1 Å². The second-order valence-electron chi connectivity index (χ2n) is 4.52. The molecule has 1 amide bonds. The van der Waals surface area contributed by atoms with Crippen molar-refractivity contribution < 1.29 is 14.6 Å². The Balaban J connectivity index is 2.31. The summed E-state index contributed by atoms with van der Waals surface area (Å²) in [5.41, 5.74) is 0.735. The number of anilines is 2. The van der Waals surface area contributed by atoms with E-state index in [9.17, 15) is 9.90 Å². The van der Waals surface area contributed by atoms with Crippen molar-refractivity contribution >= 4 is 17.3 Å². The summed E-state index contributed by atoms with van der Waals surface area (Å²) >= 11 is 0. The molecular weight excluding hydrogens is 220 g/mol. The summed E-state index contributed by atoms with van der Waals surface area (Å²) in [6.45, 7) is 0.655. The topological polar surface area (TPSA) is 61.8 Å². The number of carbonyl (C=O) groups is 1. The fourth-order valence-corrected chi connectivity index (χ4v) is 2.62. The highest BCUT2D eigenvalue weighted by Crippen LogP contribution is 2.50. The second kappa shape index (κ2) is 3.13. The van der Waals surface area contributed by atoms with Crippen LogP contribution in [-0.2, 0) is 10.4 Å². The van der Waals surface area contributed by atoms with Gasteiger partial charge >= 0.3 is 0 Å². The van der Waals surface area contributed by atoms with Crippen molar-refractivity contribution in [3.63, 3.8) is 0 Å². The summed E-state index contributed by atoms with van der Waals surface area (Å²) in [4.78, 5) is 13.9. The van der Waals surface area contributed by atoms with Crippen LogP contribution in [0.1, 0.15) is 12.0 Å². The van der Waals surface area contributed by atoms with Crippen LogP contribution in [0.4, 0.5) is 11.4 Å². The average molecular weight is 234 g/mol. The Kier molecular flexibility index (Phi) is 1.92. The molecule has 5 nitrogen and oxygen atoms in total. The van der Waals surface area contributed by atoms with Crippen molar-refractivity contribution in [1.29, 1.82) is 0 Å². The summed E-state index contributed by atoms with van der Waals surface area (Å²) in [5.74, 6) is 0.231. The summed E-state index contributed by atoms with van der Waals surface area (Å²) in [6.07, 6.45) is 0.405. The predicted molar refractivity (Wildman–Crippen MR) is 63.4 cm³/mol. The number of ether oxygens (including phenoxy) is 1. The summed E-state index contributed by atoms with van der Waals surface area (Å²) < 4.78 is 5.21. The normalized spacial score (nSPS) is 25.6. The second-order valence-corrected chi connectivity index (χ2v) is 4.52. The minimum atomic E-state index is -1.40. The van der Waals surface area contributed by atoms with Gasteiger partial charge in [-0.25, -0.2) is 0 Å². The van der Waals surface area contributed by atoms with E-state index in [-0.39, 0.29) is 5.91 Å². The Morgan fingerprint density at radius 2 is 2.29 bits per heavy atom. The van der Waals surface area contributed by atoms with Crippen LogP contribution in [0.15, 0.2) is 12.1 Å². The number of amides is 1. The van der Waals surface area contributed by atoms with E-state index in [4.69, 9.17) is 4.74 Å². The van der Waals surface area contributed by atoms with E-state index in [0.29, 0.717) is 30.0 Å². The highest BCUT2D eigenvalue weighted by Gasteiger charge is 2.50. The van der Waals surface area contributed by atoms with Crippen molar-refractivity contribution in [3.8, 4) is 5.75 Å². The first kappa shape index (κ1) is 10.4. The number of nitrogens with one attached hydrogen (secondary N) is 1. The number of nitrogens with zero attached hydrogens (tertiary/aromatic N) is 1. The molecular formula is C12H14N2O3. The highest BCUT2D eigenvalue weighted by molar-refractivity contribution is 6.09. The monoisotopic (exact) mass is 234 g/mol. The van der Waals surface area contributed by atoms with E-state index < -0.39 is 5.60 Å². The molecule has 0 bridgehead atoms. The fourth-order valence-electron chi connectivity index (χ4n) is 2.62. The van der Waals surface area contributed by atoms with Gasteiger partial charge in [0.05, 0.1) is 12.8 Å². The van der Waals surface area contributed by atoms with E-state index in [2.05, 4.69) is 5.32 Å². The molecule has 1 aromatic rings. The van der Waals surface area contributed by atoms with Crippen LogP contribution in [0, 0.1) is 0 Å². The van der Waals surface area contributed by atoms with Crippen molar-refractivity contribution in [2.24, 2.45) is 0 Å². The maximum Gasteiger partial charge on any atom is 0.261 e. The number of methoxy groups -OCH3 is 1. The molecule has 2 heterocycles. The number of carbonyl (C=O) groups excluding carboxylic acids is 1. The molecule has 0 saturated heterocycles. The Morgan fingerprint density at radius 3 is 3.00 bits per heavy atom. The van der Waals surface area contributed by atoms with Crippen molar-refractivity contribution in [3.05, 3.63) is 17.7 Å². The molecule has 0 spiro atoms. The number of aliphatic hydroxyl groups is 1. The van der Waals surface area contributed by atoms with Crippen molar-refractivity contribution in [2.75, 3.05) is 30.9 Å². The van der Waals surface area contributed by atoms with Gasteiger partial charge in [-0.15, -0.1) is 0 Å². The molecule has 0 fully saturated rings. The van der Waals surface area contributed by atoms with E-state index >= 15 is 0 Å². The maximum absolute atomic E-state index is 11.9. The first-order chi connectivity index (χ1) is 8.08. The van der Waals surface area contributed by atoms with E-state index in [1.54, 1.807) is 7.11 Å². The molecule has 0 aliphatic carbocycles. The van der Waals surface area contributed by atoms with Gasteiger partial charge in [0.15, 0.2) is 5.60 Å². The summed E-state index contributed by atoms with van der Waals surface area (Å²) in [6, 6.07) is 3.68. The summed E-state index contributed by atoms with van der Waals surface area (Å²) in [5, 5.41) is 13.2. The lowest BCUT2D eigenvalue weighted by atomic mass is 9.86. The maximum atomic E-state index is 11.9. The molecule has 1 aromatic carbocycles. The standard InChI is InChI=1S/C12H14N2O3/c1-14-6-5-12(16)9-7(14)3-4-8(17-2)10(9)13-11(12)15/h3-4,16H,5-6H2,1-2H3,(H,13,15). The Labute approximate surface area is 99.0 Å².